The molecule has 0 bridgehead atoms. The highest BCUT2D eigenvalue weighted by atomic mass is 16.2. The molecule has 0 saturated carbocycles. The van der Waals surface area contributed by atoms with E-state index >= 15 is 0 Å². The molecule has 0 radical (unpaired) electrons. The van der Waals surface area contributed by atoms with Crippen molar-refractivity contribution in [1.82, 2.24) is 10.6 Å². The van der Waals surface area contributed by atoms with Crippen molar-refractivity contribution in [2.45, 2.75) is 19.9 Å². The van der Waals surface area contributed by atoms with Gasteiger partial charge in [0.2, 0.25) is 11.8 Å². The predicted octanol–water partition coefficient (Wildman–Crippen LogP) is 0.575. The SMILES string of the molecule is CC(=O)NCCNC(=O)C(C)C(N)c1ccccc1. The van der Waals surface area contributed by atoms with Gasteiger partial charge in [-0.25, -0.2) is 0 Å². The van der Waals surface area contributed by atoms with Crippen LogP contribution in [0, 0.1) is 5.92 Å². The lowest BCUT2D eigenvalue weighted by molar-refractivity contribution is -0.125. The molecular formula is C14H21N3O2. The molecule has 2 atom stereocenters. The van der Waals surface area contributed by atoms with E-state index in [1.54, 1.807) is 6.92 Å². The van der Waals surface area contributed by atoms with E-state index in [2.05, 4.69) is 10.6 Å². The number of nitrogens with one attached hydrogen (secondary N) is 2. The van der Waals surface area contributed by atoms with Crippen molar-refractivity contribution in [3.05, 3.63) is 35.9 Å². The number of hydrogen-bond donors (Lipinski definition) is 3. The topological polar surface area (TPSA) is 84.2 Å². The Balaban J connectivity index is 2.42. The second kappa shape index (κ2) is 7.53. The molecule has 19 heavy (non-hydrogen) atoms. The van der Waals surface area contributed by atoms with Gasteiger partial charge in [0.1, 0.15) is 0 Å². The van der Waals surface area contributed by atoms with Crippen LogP contribution in [0.4, 0.5) is 0 Å². The molecular weight excluding hydrogens is 242 g/mol. The molecule has 0 heterocycles. The fourth-order valence-electron chi connectivity index (χ4n) is 1.71. The Morgan fingerprint density at radius 3 is 2.32 bits per heavy atom. The van der Waals surface area contributed by atoms with Gasteiger partial charge >= 0.3 is 0 Å². The quantitative estimate of drug-likeness (QED) is 0.656. The van der Waals surface area contributed by atoms with Crippen molar-refractivity contribution in [1.29, 1.82) is 0 Å². The van der Waals surface area contributed by atoms with Crippen LogP contribution in [0.1, 0.15) is 25.5 Å². The van der Waals surface area contributed by atoms with Crippen LogP contribution in [-0.2, 0) is 9.59 Å². The third-order valence-electron chi connectivity index (χ3n) is 2.93. The Kier molecular flexibility index (Phi) is 6.02. The Hall–Kier alpha value is -1.88. The molecule has 1 rings (SSSR count). The number of benzene rings is 1. The Morgan fingerprint density at radius 2 is 1.74 bits per heavy atom. The Labute approximate surface area is 113 Å². The molecule has 2 amide bonds. The van der Waals surface area contributed by atoms with E-state index in [0.29, 0.717) is 13.1 Å². The normalized spacial score (nSPS) is 13.4. The average Bonchev–Trinajstić information content (AvgIpc) is 2.42. The second-order valence-corrected chi connectivity index (χ2v) is 4.50. The molecule has 1 aromatic carbocycles. The van der Waals surface area contributed by atoms with E-state index in [4.69, 9.17) is 5.73 Å². The van der Waals surface area contributed by atoms with Crippen molar-refractivity contribution in [2.75, 3.05) is 13.1 Å². The van der Waals surface area contributed by atoms with Crippen molar-refractivity contribution in [2.24, 2.45) is 11.7 Å². The summed E-state index contributed by atoms with van der Waals surface area (Å²) in [5.74, 6) is -0.537. The maximum atomic E-state index is 11.9. The first kappa shape index (κ1) is 15.2. The van der Waals surface area contributed by atoms with Crippen molar-refractivity contribution in [3.63, 3.8) is 0 Å². The van der Waals surface area contributed by atoms with Crippen LogP contribution in [-0.4, -0.2) is 24.9 Å². The van der Waals surface area contributed by atoms with Crippen molar-refractivity contribution in [3.8, 4) is 0 Å². The molecule has 0 aliphatic carbocycles. The number of hydrogen-bond acceptors (Lipinski definition) is 3. The Bertz CT molecular complexity index is 420. The van der Waals surface area contributed by atoms with Crippen LogP contribution in [0.15, 0.2) is 30.3 Å². The minimum atomic E-state index is -0.332. The van der Waals surface area contributed by atoms with Crippen molar-refractivity contribution >= 4 is 11.8 Å². The van der Waals surface area contributed by atoms with Gasteiger partial charge in [-0.05, 0) is 5.56 Å². The first-order chi connectivity index (χ1) is 9.02. The highest BCUT2D eigenvalue weighted by molar-refractivity contribution is 5.79. The minimum absolute atomic E-state index is 0.108. The summed E-state index contributed by atoms with van der Waals surface area (Å²) in [6.07, 6.45) is 0. The number of carbonyl (C=O) groups excluding carboxylic acids is 2. The van der Waals surface area contributed by atoms with Crippen LogP contribution in [0.3, 0.4) is 0 Å². The number of nitrogens with two attached hydrogens (primary N) is 1. The van der Waals surface area contributed by atoms with Gasteiger partial charge in [-0.1, -0.05) is 37.3 Å². The highest BCUT2D eigenvalue weighted by Gasteiger charge is 2.21. The molecule has 5 heteroatoms. The molecule has 104 valence electrons. The zero-order chi connectivity index (χ0) is 14.3. The van der Waals surface area contributed by atoms with Gasteiger partial charge in [0.25, 0.3) is 0 Å². The van der Waals surface area contributed by atoms with Crippen LogP contribution in [0.25, 0.3) is 0 Å². The molecule has 0 aliphatic rings. The lowest BCUT2D eigenvalue weighted by Crippen LogP contribution is -2.39. The summed E-state index contributed by atoms with van der Waals surface area (Å²) in [6, 6.07) is 9.20. The maximum Gasteiger partial charge on any atom is 0.224 e. The summed E-state index contributed by atoms with van der Waals surface area (Å²) < 4.78 is 0. The zero-order valence-corrected chi connectivity index (χ0v) is 11.3. The molecule has 0 aromatic heterocycles. The molecule has 0 fully saturated rings. The lowest BCUT2D eigenvalue weighted by Gasteiger charge is -2.19. The highest BCUT2D eigenvalue weighted by Crippen LogP contribution is 2.18. The average molecular weight is 263 g/mol. The van der Waals surface area contributed by atoms with E-state index in [1.807, 2.05) is 30.3 Å². The van der Waals surface area contributed by atoms with Gasteiger partial charge in [0.05, 0.1) is 5.92 Å². The van der Waals surface area contributed by atoms with E-state index in [0.717, 1.165) is 5.56 Å². The predicted molar refractivity (Wildman–Crippen MR) is 74.2 cm³/mol. The number of carbonyl (C=O) groups is 2. The molecule has 2 unspecified atom stereocenters. The molecule has 1 aromatic rings. The van der Waals surface area contributed by atoms with E-state index in [9.17, 15) is 9.59 Å². The second-order valence-electron chi connectivity index (χ2n) is 4.50. The summed E-state index contributed by atoms with van der Waals surface area (Å²) >= 11 is 0. The Morgan fingerprint density at radius 1 is 1.16 bits per heavy atom. The van der Waals surface area contributed by atoms with Crippen LogP contribution >= 0.6 is 0 Å². The summed E-state index contributed by atoms with van der Waals surface area (Å²) in [5.41, 5.74) is 7.00. The smallest absolute Gasteiger partial charge is 0.224 e. The fourth-order valence-corrected chi connectivity index (χ4v) is 1.71. The summed E-state index contributed by atoms with van der Waals surface area (Å²) in [4.78, 5) is 22.6. The molecule has 0 spiro atoms. The lowest BCUT2D eigenvalue weighted by atomic mass is 9.95. The van der Waals surface area contributed by atoms with Crippen LogP contribution < -0.4 is 16.4 Å². The monoisotopic (exact) mass is 263 g/mol. The summed E-state index contributed by atoms with van der Waals surface area (Å²) in [7, 11) is 0. The van der Waals surface area contributed by atoms with Gasteiger partial charge in [-0.2, -0.15) is 0 Å². The maximum absolute atomic E-state index is 11.9. The molecule has 4 N–H and O–H groups in total. The fraction of sp³-hybridized carbons (Fsp3) is 0.429. The molecule has 0 aliphatic heterocycles. The van der Waals surface area contributed by atoms with Crippen LogP contribution in [0.2, 0.25) is 0 Å². The number of rotatable bonds is 6. The minimum Gasteiger partial charge on any atom is -0.355 e. The third kappa shape index (κ3) is 5.09. The molecule has 0 saturated heterocycles. The van der Waals surface area contributed by atoms with Gasteiger partial charge in [0.15, 0.2) is 0 Å². The van der Waals surface area contributed by atoms with Crippen LogP contribution in [0.5, 0.6) is 0 Å². The standard InChI is InChI=1S/C14H21N3O2/c1-10(13(15)12-6-4-3-5-7-12)14(19)17-9-8-16-11(2)18/h3-7,10,13H,8-9,15H2,1-2H3,(H,16,18)(H,17,19). The number of amides is 2. The largest absolute Gasteiger partial charge is 0.355 e. The summed E-state index contributed by atoms with van der Waals surface area (Å²) in [5, 5.41) is 5.37. The van der Waals surface area contributed by atoms with Gasteiger partial charge in [0, 0.05) is 26.1 Å². The van der Waals surface area contributed by atoms with Gasteiger partial charge in [-0.3, -0.25) is 9.59 Å². The molecule has 5 nitrogen and oxygen atoms in total. The van der Waals surface area contributed by atoms with Gasteiger partial charge < -0.3 is 16.4 Å². The van der Waals surface area contributed by atoms with E-state index in [-0.39, 0.29) is 23.8 Å². The van der Waals surface area contributed by atoms with Gasteiger partial charge in [-0.15, -0.1) is 0 Å². The zero-order valence-electron chi connectivity index (χ0n) is 11.3. The first-order valence-corrected chi connectivity index (χ1v) is 6.35. The third-order valence-corrected chi connectivity index (χ3v) is 2.93. The first-order valence-electron chi connectivity index (χ1n) is 6.35. The van der Waals surface area contributed by atoms with E-state index in [1.165, 1.54) is 6.92 Å². The summed E-state index contributed by atoms with van der Waals surface area (Å²) in [6.45, 7) is 4.07. The van der Waals surface area contributed by atoms with Crippen molar-refractivity contribution < 1.29 is 9.59 Å². The van der Waals surface area contributed by atoms with E-state index < -0.39 is 0 Å².